The second-order valence-corrected chi connectivity index (χ2v) is 7.09. The average Bonchev–Trinajstić information content (AvgIpc) is 2.99. The molecule has 0 saturated heterocycles. The summed E-state index contributed by atoms with van der Waals surface area (Å²) in [5.74, 6) is 0.755. The molecule has 1 aliphatic heterocycles. The second kappa shape index (κ2) is 6.96. The molecule has 0 spiro atoms. The van der Waals surface area contributed by atoms with Gasteiger partial charge in [-0.25, -0.2) is 0 Å². The van der Waals surface area contributed by atoms with Crippen molar-refractivity contribution in [2.75, 3.05) is 18.6 Å². The van der Waals surface area contributed by atoms with E-state index in [-0.39, 0.29) is 17.9 Å². The molecule has 2 aromatic rings. The predicted molar refractivity (Wildman–Crippen MR) is 90.9 cm³/mol. The molecule has 1 amide bonds. The molecule has 0 aliphatic carbocycles. The summed E-state index contributed by atoms with van der Waals surface area (Å²) in [6.45, 7) is 0.349. The van der Waals surface area contributed by atoms with Gasteiger partial charge >= 0.3 is 0 Å². The standard InChI is InChI=1S/C18H19NO3S/c1-23(21)12-16(13-7-3-2-4-8-13)19-18(20)15-11-22-17-10-6-5-9-14(15)17/h2-10,15-16H,11-12H2,1H3,(H,19,20)/t15-,16+,23-/m0/s1. The van der Waals surface area contributed by atoms with Crippen LogP contribution in [0.3, 0.4) is 0 Å². The highest BCUT2D eigenvalue weighted by molar-refractivity contribution is 7.84. The van der Waals surface area contributed by atoms with E-state index in [1.54, 1.807) is 6.26 Å². The van der Waals surface area contributed by atoms with Crippen LogP contribution in [0.2, 0.25) is 0 Å². The maximum absolute atomic E-state index is 12.7. The fourth-order valence-corrected chi connectivity index (χ4v) is 3.54. The van der Waals surface area contributed by atoms with E-state index < -0.39 is 10.8 Å². The molecule has 0 saturated carbocycles. The molecule has 0 fully saturated rings. The number of hydrogen-bond donors (Lipinski definition) is 1. The number of hydrogen-bond acceptors (Lipinski definition) is 3. The fraction of sp³-hybridized carbons (Fsp3) is 0.278. The molecule has 1 aliphatic rings. The zero-order valence-corrected chi connectivity index (χ0v) is 13.7. The molecule has 3 rings (SSSR count). The van der Waals surface area contributed by atoms with Crippen molar-refractivity contribution in [2.24, 2.45) is 0 Å². The molecule has 1 N–H and O–H groups in total. The SMILES string of the molecule is C[S@](=O)C[C@@H](NC(=O)[C@H]1COc2ccccc21)c1ccccc1. The van der Waals surface area contributed by atoms with Gasteiger partial charge in [0, 0.05) is 28.4 Å². The minimum absolute atomic E-state index is 0.0887. The molecule has 2 aromatic carbocycles. The number of carbonyl (C=O) groups excluding carboxylic acids is 1. The maximum Gasteiger partial charge on any atom is 0.231 e. The minimum atomic E-state index is -1.01. The predicted octanol–water partition coefficient (Wildman–Crippen LogP) is 2.40. The fourth-order valence-electron chi connectivity index (χ4n) is 2.79. The van der Waals surface area contributed by atoms with Crippen LogP contribution in [0.4, 0.5) is 0 Å². The molecule has 23 heavy (non-hydrogen) atoms. The van der Waals surface area contributed by atoms with Crippen molar-refractivity contribution in [3.63, 3.8) is 0 Å². The van der Waals surface area contributed by atoms with Crippen molar-refractivity contribution in [2.45, 2.75) is 12.0 Å². The summed E-state index contributed by atoms with van der Waals surface area (Å²) in [6, 6.07) is 17.0. The van der Waals surface area contributed by atoms with Gasteiger partial charge in [-0.05, 0) is 11.6 Å². The van der Waals surface area contributed by atoms with E-state index in [9.17, 15) is 9.00 Å². The molecule has 0 radical (unpaired) electrons. The Morgan fingerprint density at radius 1 is 1.22 bits per heavy atom. The average molecular weight is 329 g/mol. The van der Waals surface area contributed by atoms with Gasteiger partial charge in [0.1, 0.15) is 18.3 Å². The first-order valence-electron chi connectivity index (χ1n) is 7.52. The molecule has 0 aromatic heterocycles. The summed E-state index contributed by atoms with van der Waals surface area (Å²) in [5.41, 5.74) is 1.87. The summed E-state index contributed by atoms with van der Waals surface area (Å²) in [6.07, 6.45) is 1.65. The molecule has 3 atom stereocenters. The monoisotopic (exact) mass is 329 g/mol. The van der Waals surface area contributed by atoms with Gasteiger partial charge in [0.15, 0.2) is 0 Å². The molecule has 0 bridgehead atoms. The van der Waals surface area contributed by atoms with Crippen molar-refractivity contribution < 1.29 is 13.7 Å². The number of fused-ring (bicyclic) bond motifs is 1. The van der Waals surface area contributed by atoms with E-state index in [1.807, 2.05) is 54.6 Å². The van der Waals surface area contributed by atoms with E-state index in [1.165, 1.54) is 0 Å². The molecule has 4 nitrogen and oxygen atoms in total. The van der Waals surface area contributed by atoms with Crippen LogP contribution in [-0.2, 0) is 15.6 Å². The van der Waals surface area contributed by atoms with Gasteiger partial charge in [-0.15, -0.1) is 0 Å². The zero-order chi connectivity index (χ0) is 16.2. The zero-order valence-electron chi connectivity index (χ0n) is 12.9. The van der Waals surface area contributed by atoms with Gasteiger partial charge in [0.2, 0.25) is 5.91 Å². The summed E-state index contributed by atoms with van der Waals surface area (Å²) in [7, 11) is -1.01. The van der Waals surface area contributed by atoms with Crippen molar-refractivity contribution in [1.82, 2.24) is 5.32 Å². The quantitative estimate of drug-likeness (QED) is 0.916. The van der Waals surface area contributed by atoms with Crippen LogP contribution in [0.5, 0.6) is 5.75 Å². The Morgan fingerprint density at radius 3 is 2.65 bits per heavy atom. The Bertz CT molecular complexity index is 717. The van der Waals surface area contributed by atoms with Gasteiger partial charge in [0.25, 0.3) is 0 Å². The van der Waals surface area contributed by atoms with Crippen LogP contribution in [-0.4, -0.2) is 28.7 Å². The summed E-state index contributed by atoms with van der Waals surface area (Å²) in [4.78, 5) is 12.7. The number of amides is 1. The van der Waals surface area contributed by atoms with E-state index in [2.05, 4.69) is 5.32 Å². The molecule has 5 heteroatoms. The Hall–Kier alpha value is -2.14. The van der Waals surface area contributed by atoms with Crippen LogP contribution >= 0.6 is 0 Å². The Kier molecular flexibility index (Phi) is 4.76. The molecule has 120 valence electrons. The Labute approximate surface area is 138 Å². The van der Waals surface area contributed by atoms with Gasteiger partial charge in [-0.2, -0.15) is 0 Å². The van der Waals surface area contributed by atoms with Gasteiger partial charge < -0.3 is 10.1 Å². The van der Waals surface area contributed by atoms with Crippen LogP contribution in [0.15, 0.2) is 54.6 Å². The smallest absolute Gasteiger partial charge is 0.231 e. The van der Waals surface area contributed by atoms with Crippen LogP contribution < -0.4 is 10.1 Å². The normalized spacial score (nSPS) is 18.6. The number of benzene rings is 2. The third-order valence-electron chi connectivity index (χ3n) is 3.94. The minimum Gasteiger partial charge on any atom is -0.492 e. The van der Waals surface area contributed by atoms with Crippen molar-refractivity contribution in [3.8, 4) is 5.75 Å². The number of nitrogens with one attached hydrogen (secondary N) is 1. The maximum atomic E-state index is 12.7. The number of carbonyl (C=O) groups is 1. The van der Waals surface area contributed by atoms with Crippen molar-refractivity contribution in [1.29, 1.82) is 0 Å². The highest BCUT2D eigenvalue weighted by Gasteiger charge is 2.31. The number of ether oxygens (including phenoxy) is 1. The van der Waals surface area contributed by atoms with Crippen molar-refractivity contribution in [3.05, 3.63) is 65.7 Å². The first-order valence-corrected chi connectivity index (χ1v) is 9.25. The highest BCUT2D eigenvalue weighted by Crippen LogP contribution is 2.34. The summed E-state index contributed by atoms with van der Waals surface area (Å²) in [5, 5.41) is 3.04. The Balaban J connectivity index is 1.78. The van der Waals surface area contributed by atoms with E-state index >= 15 is 0 Å². The third kappa shape index (κ3) is 3.62. The number of para-hydroxylation sites is 1. The molecular formula is C18H19NO3S. The number of rotatable bonds is 5. The second-order valence-electron chi connectivity index (χ2n) is 5.61. The first-order chi connectivity index (χ1) is 11.1. The lowest BCUT2D eigenvalue weighted by Gasteiger charge is -2.20. The molecule has 1 heterocycles. The van der Waals surface area contributed by atoms with E-state index in [0.29, 0.717) is 12.4 Å². The summed E-state index contributed by atoms with van der Waals surface area (Å²) >= 11 is 0. The largest absolute Gasteiger partial charge is 0.492 e. The van der Waals surface area contributed by atoms with E-state index in [0.717, 1.165) is 16.9 Å². The van der Waals surface area contributed by atoms with Crippen LogP contribution in [0.1, 0.15) is 23.1 Å². The van der Waals surface area contributed by atoms with Gasteiger partial charge in [-0.3, -0.25) is 9.00 Å². The third-order valence-corrected chi connectivity index (χ3v) is 4.74. The lowest BCUT2D eigenvalue weighted by atomic mass is 9.99. The molecule has 0 unspecified atom stereocenters. The lowest BCUT2D eigenvalue weighted by molar-refractivity contribution is -0.123. The summed E-state index contributed by atoms with van der Waals surface area (Å²) < 4.78 is 17.2. The lowest BCUT2D eigenvalue weighted by Crippen LogP contribution is -2.36. The van der Waals surface area contributed by atoms with Crippen molar-refractivity contribution >= 4 is 16.7 Å². The topological polar surface area (TPSA) is 55.4 Å². The van der Waals surface area contributed by atoms with Gasteiger partial charge in [0.05, 0.1) is 6.04 Å². The van der Waals surface area contributed by atoms with Crippen LogP contribution in [0, 0.1) is 0 Å². The highest BCUT2D eigenvalue weighted by atomic mass is 32.2. The first kappa shape index (κ1) is 15.7. The van der Waals surface area contributed by atoms with E-state index in [4.69, 9.17) is 4.74 Å². The van der Waals surface area contributed by atoms with Crippen LogP contribution in [0.25, 0.3) is 0 Å². The van der Waals surface area contributed by atoms with Gasteiger partial charge in [-0.1, -0.05) is 48.5 Å². The Morgan fingerprint density at radius 2 is 1.91 bits per heavy atom. The molecular weight excluding hydrogens is 310 g/mol.